The van der Waals surface area contributed by atoms with E-state index < -0.39 is 4.92 Å². The maximum Gasteiger partial charge on any atom is 0.270 e. The number of nitrogens with one attached hydrogen (secondary N) is 2. The third kappa shape index (κ3) is 3.62. The second-order valence-corrected chi connectivity index (χ2v) is 6.71. The highest BCUT2D eigenvalue weighted by molar-refractivity contribution is 6.37. The molecule has 30 heavy (non-hydrogen) atoms. The Labute approximate surface area is 172 Å². The molecule has 0 aromatic heterocycles. The highest BCUT2D eigenvalue weighted by Crippen LogP contribution is 2.39. The van der Waals surface area contributed by atoms with E-state index in [0.29, 0.717) is 28.9 Å². The molecule has 0 fully saturated rings. The molecule has 7 heteroatoms. The summed E-state index contributed by atoms with van der Waals surface area (Å²) in [5.74, 6) is -0.335. The summed E-state index contributed by atoms with van der Waals surface area (Å²) < 4.78 is 0. The molecule has 0 radical (unpaired) electrons. The maximum atomic E-state index is 12.8. The van der Waals surface area contributed by atoms with Gasteiger partial charge in [0.2, 0.25) is 0 Å². The van der Waals surface area contributed by atoms with Gasteiger partial charge in [-0.2, -0.15) is 5.26 Å². The standard InChI is InChI=1S/C23H16N4O3/c24-13-12-15-6-8-17(9-7-15)25-22(16-4-2-1-3-5-16)21-19-14-18(27(29)30)10-11-20(19)26-23(21)28/h1-11,14,25H,12H2,(H,26,28)/b22-21-. The van der Waals surface area contributed by atoms with Gasteiger partial charge < -0.3 is 10.6 Å². The SMILES string of the molecule is N#CCc1ccc(N/C(=C2\C(=O)Nc3ccc([N+](=O)[O-])cc32)c2ccccc2)cc1. The molecule has 1 aliphatic heterocycles. The molecule has 7 nitrogen and oxygen atoms in total. The fourth-order valence-electron chi connectivity index (χ4n) is 3.34. The van der Waals surface area contributed by atoms with Crippen molar-refractivity contribution in [3.05, 3.63) is 99.6 Å². The highest BCUT2D eigenvalue weighted by Gasteiger charge is 2.30. The summed E-state index contributed by atoms with van der Waals surface area (Å²) in [5.41, 5.74) is 4.17. The third-order valence-corrected chi connectivity index (χ3v) is 4.78. The Hall–Kier alpha value is -4.44. The van der Waals surface area contributed by atoms with Gasteiger partial charge in [-0.1, -0.05) is 42.5 Å². The Kier molecular flexibility index (Phi) is 4.97. The van der Waals surface area contributed by atoms with Crippen LogP contribution in [-0.4, -0.2) is 10.8 Å². The van der Waals surface area contributed by atoms with Crippen LogP contribution in [0.1, 0.15) is 16.7 Å². The number of carbonyl (C=O) groups is 1. The van der Waals surface area contributed by atoms with Crippen molar-refractivity contribution >= 4 is 34.2 Å². The third-order valence-electron chi connectivity index (χ3n) is 4.78. The number of rotatable bonds is 5. The van der Waals surface area contributed by atoms with E-state index in [0.717, 1.165) is 16.8 Å². The number of hydrogen-bond acceptors (Lipinski definition) is 5. The van der Waals surface area contributed by atoms with Crippen molar-refractivity contribution in [2.24, 2.45) is 0 Å². The van der Waals surface area contributed by atoms with Crippen LogP contribution >= 0.6 is 0 Å². The molecular weight excluding hydrogens is 380 g/mol. The van der Waals surface area contributed by atoms with Gasteiger partial charge >= 0.3 is 0 Å². The monoisotopic (exact) mass is 396 g/mol. The van der Waals surface area contributed by atoms with Gasteiger partial charge in [0.05, 0.1) is 28.7 Å². The lowest BCUT2D eigenvalue weighted by atomic mass is 9.99. The fraction of sp³-hybridized carbons (Fsp3) is 0.0435. The first kappa shape index (κ1) is 18.9. The summed E-state index contributed by atoms with van der Waals surface area (Å²) in [6.07, 6.45) is 0.312. The normalized spacial score (nSPS) is 13.8. The molecule has 1 amide bonds. The van der Waals surface area contributed by atoms with Crippen molar-refractivity contribution in [3.8, 4) is 6.07 Å². The number of benzene rings is 3. The van der Waals surface area contributed by atoms with Gasteiger partial charge in [0.1, 0.15) is 0 Å². The molecule has 146 valence electrons. The van der Waals surface area contributed by atoms with E-state index in [-0.39, 0.29) is 11.6 Å². The number of nitro benzene ring substituents is 1. The van der Waals surface area contributed by atoms with Crippen molar-refractivity contribution in [2.75, 3.05) is 10.6 Å². The van der Waals surface area contributed by atoms with E-state index in [1.54, 1.807) is 0 Å². The van der Waals surface area contributed by atoms with Crippen LogP contribution in [0, 0.1) is 21.4 Å². The summed E-state index contributed by atoms with van der Waals surface area (Å²) in [6, 6.07) is 23.1. The Balaban J connectivity index is 1.86. The summed E-state index contributed by atoms with van der Waals surface area (Å²) >= 11 is 0. The number of nitro groups is 1. The van der Waals surface area contributed by atoms with E-state index in [1.165, 1.54) is 18.2 Å². The lowest BCUT2D eigenvalue weighted by Gasteiger charge is -2.15. The Morgan fingerprint density at radius 1 is 1.07 bits per heavy atom. The van der Waals surface area contributed by atoms with Crippen molar-refractivity contribution < 1.29 is 9.72 Å². The van der Waals surface area contributed by atoms with Crippen LogP contribution in [0.4, 0.5) is 17.1 Å². The van der Waals surface area contributed by atoms with E-state index in [9.17, 15) is 14.9 Å². The van der Waals surface area contributed by atoms with Crippen molar-refractivity contribution in [1.29, 1.82) is 5.26 Å². The average Bonchev–Trinajstić information content (AvgIpc) is 3.09. The van der Waals surface area contributed by atoms with Crippen LogP contribution in [0.3, 0.4) is 0 Å². The minimum absolute atomic E-state index is 0.0870. The Morgan fingerprint density at radius 3 is 2.47 bits per heavy atom. The number of nitriles is 1. The number of fused-ring (bicyclic) bond motifs is 1. The van der Waals surface area contributed by atoms with Crippen molar-refractivity contribution in [1.82, 2.24) is 0 Å². The first-order chi connectivity index (χ1) is 14.6. The zero-order valence-electron chi connectivity index (χ0n) is 15.8. The maximum absolute atomic E-state index is 12.8. The van der Waals surface area contributed by atoms with Gasteiger partial charge in [0.15, 0.2) is 0 Å². The average molecular weight is 396 g/mol. The van der Waals surface area contributed by atoms with Crippen LogP contribution in [0.5, 0.6) is 0 Å². The van der Waals surface area contributed by atoms with Gasteiger partial charge in [0, 0.05) is 29.1 Å². The fourth-order valence-corrected chi connectivity index (χ4v) is 3.34. The van der Waals surface area contributed by atoms with Gasteiger partial charge in [-0.3, -0.25) is 14.9 Å². The largest absolute Gasteiger partial charge is 0.354 e. The zero-order chi connectivity index (χ0) is 21.1. The van der Waals surface area contributed by atoms with Crippen molar-refractivity contribution in [2.45, 2.75) is 6.42 Å². The molecular formula is C23H16N4O3. The molecule has 0 aliphatic carbocycles. The summed E-state index contributed by atoms with van der Waals surface area (Å²) in [4.78, 5) is 23.6. The lowest BCUT2D eigenvalue weighted by Crippen LogP contribution is -2.10. The lowest BCUT2D eigenvalue weighted by molar-refractivity contribution is -0.384. The molecule has 0 saturated carbocycles. The topological polar surface area (TPSA) is 108 Å². The molecule has 4 rings (SSSR count). The van der Waals surface area contributed by atoms with Gasteiger partial charge in [-0.05, 0) is 29.3 Å². The van der Waals surface area contributed by atoms with Gasteiger partial charge in [-0.25, -0.2) is 0 Å². The number of nitrogens with zero attached hydrogens (tertiary/aromatic N) is 2. The molecule has 0 saturated heterocycles. The van der Waals surface area contributed by atoms with Crippen LogP contribution < -0.4 is 10.6 Å². The molecule has 0 atom stereocenters. The number of anilines is 2. The van der Waals surface area contributed by atoms with E-state index >= 15 is 0 Å². The predicted molar refractivity (Wildman–Crippen MR) is 114 cm³/mol. The molecule has 3 aromatic rings. The van der Waals surface area contributed by atoms with Crippen LogP contribution in [0.15, 0.2) is 72.8 Å². The number of non-ortho nitro benzene ring substituents is 1. The number of amides is 1. The zero-order valence-corrected chi connectivity index (χ0v) is 15.8. The van der Waals surface area contributed by atoms with Crippen molar-refractivity contribution in [3.63, 3.8) is 0 Å². The number of hydrogen-bond donors (Lipinski definition) is 2. The van der Waals surface area contributed by atoms with Crippen LogP contribution in [-0.2, 0) is 11.2 Å². The Bertz CT molecular complexity index is 1210. The molecule has 1 heterocycles. The molecule has 1 aliphatic rings. The summed E-state index contributed by atoms with van der Waals surface area (Å²) in [6.45, 7) is 0. The van der Waals surface area contributed by atoms with Crippen LogP contribution in [0.2, 0.25) is 0 Å². The quantitative estimate of drug-likeness (QED) is 0.372. The molecule has 0 bridgehead atoms. The highest BCUT2D eigenvalue weighted by atomic mass is 16.6. The second-order valence-electron chi connectivity index (χ2n) is 6.71. The second kappa shape index (κ2) is 7.89. The summed E-state index contributed by atoms with van der Waals surface area (Å²) in [7, 11) is 0. The molecule has 2 N–H and O–H groups in total. The first-order valence-corrected chi connectivity index (χ1v) is 9.19. The smallest absolute Gasteiger partial charge is 0.270 e. The van der Waals surface area contributed by atoms with Gasteiger partial charge in [-0.15, -0.1) is 0 Å². The van der Waals surface area contributed by atoms with E-state index in [1.807, 2.05) is 54.6 Å². The van der Waals surface area contributed by atoms with Crippen LogP contribution in [0.25, 0.3) is 11.3 Å². The number of carbonyl (C=O) groups excluding carboxylic acids is 1. The molecule has 0 unspecified atom stereocenters. The van der Waals surface area contributed by atoms with E-state index in [4.69, 9.17) is 5.26 Å². The first-order valence-electron chi connectivity index (χ1n) is 9.19. The van der Waals surface area contributed by atoms with E-state index in [2.05, 4.69) is 16.7 Å². The molecule has 0 spiro atoms. The summed E-state index contributed by atoms with van der Waals surface area (Å²) in [5, 5.41) is 26.2. The predicted octanol–water partition coefficient (Wildman–Crippen LogP) is 4.59. The minimum Gasteiger partial charge on any atom is -0.354 e. The molecule has 3 aromatic carbocycles. The minimum atomic E-state index is -0.482. The van der Waals surface area contributed by atoms with Gasteiger partial charge in [0.25, 0.3) is 11.6 Å². The Morgan fingerprint density at radius 2 is 1.80 bits per heavy atom.